The summed E-state index contributed by atoms with van der Waals surface area (Å²) in [4.78, 5) is 23.5. The summed E-state index contributed by atoms with van der Waals surface area (Å²) >= 11 is 0. The van der Waals surface area contributed by atoms with E-state index in [2.05, 4.69) is 20.8 Å². The molecule has 4 heteroatoms. The lowest BCUT2D eigenvalue weighted by atomic mass is 9.90. The van der Waals surface area contributed by atoms with Gasteiger partial charge in [-0.05, 0) is 59.7 Å². The second kappa shape index (κ2) is 13.7. The fraction of sp³-hybridized carbons (Fsp3) is 0.500. The van der Waals surface area contributed by atoms with Gasteiger partial charge >= 0.3 is 11.9 Å². The maximum Gasteiger partial charge on any atom is 0.335 e. The zero-order valence-electron chi connectivity index (χ0n) is 19.9. The molecule has 2 aromatic rings. The highest BCUT2D eigenvalue weighted by Gasteiger charge is 2.13. The van der Waals surface area contributed by atoms with Crippen LogP contribution in [0.25, 0.3) is 11.1 Å². The summed E-state index contributed by atoms with van der Waals surface area (Å²) < 4.78 is 5.50. The van der Waals surface area contributed by atoms with Crippen molar-refractivity contribution in [1.29, 1.82) is 0 Å². The van der Waals surface area contributed by atoms with Crippen LogP contribution in [0.5, 0.6) is 5.75 Å². The lowest BCUT2D eigenvalue weighted by Crippen LogP contribution is -2.07. The van der Waals surface area contributed by atoms with Crippen LogP contribution in [0, 0.1) is 5.92 Å². The molecule has 2 rings (SSSR count). The van der Waals surface area contributed by atoms with Crippen molar-refractivity contribution in [2.75, 3.05) is 0 Å². The van der Waals surface area contributed by atoms with Crippen LogP contribution in [0.3, 0.4) is 0 Å². The Kier molecular flexibility index (Phi) is 11.0. The third kappa shape index (κ3) is 8.49. The van der Waals surface area contributed by atoms with Crippen molar-refractivity contribution in [3.8, 4) is 16.9 Å². The number of hydrogen-bond donors (Lipinski definition) is 1. The minimum absolute atomic E-state index is 0.186. The standard InChI is InChI=1S/C28H38O4/c1-4-6-7-8-9-10-11-12-27(29)32-25-16-13-22(14-17-25)26-18-15-23(28(30)31)20-24(26)19-21(3)5-2/h13-18,20-21H,4-12,19H2,1-3H3,(H,30,31). The van der Waals surface area contributed by atoms with Crippen LogP contribution in [-0.2, 0) is 11.2 Å². The van der Waals surface area contributed by atoms with Gasteiger partial charge in [0.15, 0.2) is 0 Å². The largest absolute Gasteiger partial charge is 0.478 e. The highest BCUT2D eigenvalue weighted by Crippen LogP contribution is 2.29. The first-order valence-electron chi connectivity index (χ1n) is 12.1. The molecular formula is C28H38O4. The summed E-state index contributed by atoms with van der Waals surface area (Å²) in [5, 5.41) is 9.36. The molecule has 0 fully saturated rings. The molecule has 0 heterocycles. The van der Waals surface area contributed by atoms with Crippen molar-refractivity contribution in [1.82, 2.24) is 0 Å². The number of unbranched alkanes of at least 4 members (excludes halogenated alkanes) is 6. The van der Waals surface area contributed by atoms with Gasteiger partial charge in [0.25, 0.3) is 0 Å². The number of carbonyl (C=O) groups is 2. The Hall–Kier alpha value is -2.62. The van der Waals surface area contributed by atoms with Gasteiger partial charge in [0.05, 0.1) is 5.56 Å². The Balaban J connectivity index is 1.96. The number of hydrogen-bond acceptors (Lipinski definition) is 3. The minimum atomic E-state index is -0.912. The average molecular weight is 439 g/mol. The summed E-state index contributed by atoms with van der Waals surface area (Å²) in [7, 11) is 0. The predicted molar refractivity (Wildman–Crippen MR) is 130 cm³/mol. The molecule has 1 unspecified atom stereocenters. The molecule has 0 aromatic heterocycles. The van der Waals surface area contributed by atoms with Crippen LogP contribution in [0.15, 0.2) is 42.5 Å². The number of carboxylic acids is 1. The summed E-state index contributed by atoms with van der Waals surface area (Å²) in [6.45, 7) is 6.52. The van der Waals surface area contributed by atoms with Gasteiger partial charge in [-0.15, -0.1) is 0 Å². The third-order valence-corrected chi connectivity index (χ3v) is 6.00. The highest BCUT2D eigenvalue weighted by atomic mass is 16.5. The van der Waals surface area contributed by atoms with E-state index < -0.39 is 5.97 Å². The Morgan fingerprint density at radius 3 is 2.19 bits per heavy atom. The molecule has 0 amide bonds. The molecule has 2 aromatic carbocycles. The lowest BCUT2D eigenvalue weighted by Gasteiger charge is -2.15. The van der Waals surface area contributed by atoms with E-state index in [1.165, 1.54) is 32.1 Å². The van der Waals surface area contributed by atoms with Crippen LogP contribution in [0.1, 0.15) is 94.5 Å². The van der Waals surface area contributed by atoms with Crippen molar-refractivity contribution in [2.45, 2.75) is 85.0 Å². The van der Waals surface area contributed by atoms with Gasteiger partial charge < -0.3 is 9.84 Å². The van der Waals surface area contributed by atoms with Crippen molar-refractivity contribution >= 4 is 11.9 Å². The number of aromatic carboxylic acids is 1. The Labute approximate surface area is 193 Å². The molecule has 174 valence electrons. The lowest BCUT2D eigenvalue weighted by molar-refractivity contribution is -0.134. The van der Waals surface area contributed by atoms with Gasteiger partial charge in [-0.2, -0.15) is 0 Å². The molecular weight excluding hydrogens is 400 g/mol. The fourth-order valence-corrected chi connectivity index (χ4v) is 3.81. The van der Waals surface area contributed by atoms with Crippen LogP contribution in [0.2, 0.25) is 0 Å². The van der Waals surface area contributed by atoms with Crippen LogP contribution < -0.4 is 4.74 Å². The molecule has 0 bridgehead atoms. The molecule has 0 aliphatic carbocycles. The van der Waals surface area contributed by atoms with Gasteiger partial charge in [0.2, 0.25) is 0 Å². The Morgan fingerprint density at radius 1 is 0.906 bits per heavy atom. The molecule has 0 saturated carbocycles. The number of rotatable bonds is 14. The second-order valence-corrected chi connectivity index (χ2v) is 8.76. The number of esters is 1. The van der Waals surface area contributed by atoms with E-state index in [1.54, 1.807) is 12.1 Å². The van der Waals surface area contributed by atoms with Crippen LogP contribution in [0.4, 0.5) is 0 Å². The van der Waals surface area contributed by atoms with Gasteiger partial charge in [-0.3, -0.25) is 4.79 Å². The van der Waals surface area contributed by atoms with Crippen molar-refractivity contribution in [3.05, 3.63) is 53.6 Å². The number of ether oxygens (including phenoxy) is 1. The maximum atomic E-state index is 12.1. The Morgan fingerprint density at radius 2 is 1.56 bits per heavy atom. The molecule has 0 spiro atoms. The fourth-order valence-electron chi connectivity index (χ4n) is 3.81. The zero-order chi connectivity index (χ0) is 23.3. The van der Waals surface area contributed by atoms with Gasteiger partial charge in [0.1, 0.15) is 5.75 Å². The maximum absolute atomic E-state index is 12.1. The minimum Gasteiger partial charge on any atom is -0.478 e. The highest BCUT2D eigenvalue weighted by molar-refractivity contribution is 5.89. The normalized spacial score (nSPS) is 11.8. The van der Waals surface area contributed by atoms with Crippen LogP contribution >= 0.6 is 0 Å². The van der Waals surface area contributed by atoms with E-state index in [1.807, 2.05) is 30.3 Å². The van der Waals surface area contributed by atoms with Gasteiger partial charge in [0, 0.05) is 6.42 Å². The SMILES string of the molecule is CCCCCCCCCC(=O)Oc1ccc(-c2ccc(C(=O)O)cc2CC(C)CC)cc1. The van der Waals surface area contributed by atoms with E-state index in [-0.39, 0.29) is 5.97 Å². The summed E-state index contributed by atoms with van der Waals surface area (Å²) in [6.07, 6.45) is 10.5. The molecule has 1 atom stereocenters. The summed E-state index contributed by atoms with van der Waals surface area (Å²) in [5.41, 5.74) is 3.36. The second-order valence-electron chi connectivity index (χ2n) is 8.76. The van der Waals surface area contributed by atoms with Crippen molar-refractivity contribution in [3.63, 3.8) is 0 Å². The van der Waals surface area contributed by atoms with E-state index in [4.69, 9.17) is 4.74 Å². The molecule has 0 aliphatic rings. The van der Waals surface area contributed by atoms with Gasteiger partial charge in [-0.25, -0.2) is 4.79 Å². The first-order valence-corrected chi connectivity index (χ1v) is 12.1. The first kappa shape index (κ1) is 25.6. The average Bonchev–Trinajstić information content (AvgIpc) is 2.79. The molecule has 0 radical (unpaired) electrons. The number of carbonyl (C=O) groups excluding carboxylic acids is 1. The van der Waals surface area contributed by atoms with E-state index in [0.717, 1.165) is 42.4 Å². The Bertz CT molecular complexity index is 854. The van der Waals surface area contributed by atoms with Gasteiger partial charge in [-0.1, -0.05) is 83.9 Å². The van der Waals surface area contributed by atoms with Crippen molar-refractivity contribution in [2.24, 2.45) is 5.92 Å². The summed E-state index contributed by atoms with van der Waals surface area (Å²) in [6, 6.07) is 12.8. The smallest absolute Gasteiger partial charge is 0.335 e. The van der Waals surface area contributed by atoms with Crippen molar-refractivity contribution < 1.29 is 19.4 Å². The molecule has 0 aliphatic heterocycles. The quantitative estimate of drug-likeness (QED) is 0.187. The topological polar surface area (TPSA) is 63.6 Å². The van der Waals surface area contributed by atoms with E-state index >= 15 is 0 Å². The molecule has 4 nitrogen and oxygen atoms in total. The van der Waals surface area contributed by atoms with E-state index in [0.29, 0.717) is 23.7 Å². The van der Waals surface area contributed by atoms with Crippen LogP contribution in [-0.4, -0.2) is 17.0 Å². The number of carboxylic acid groups (broad SMARTS) is 1. The predicted octanol–water partition coefficient (Wildman–Crippen LogP) is 7.69. The molecule has 32 heavy (non-hydrogen) atoms. The zero-order valence-corrected chi connectivity index (χ0v) is 19.9. The molecule has 1 N–H and O–H groups in total. The first-order chi connectivity index (χ1) is 15.4. The number of benzene rings is 2. The summed E-state index contributed by atoms with van der Waals surface area (Å²) in [5.74, 6) is -0.0863. The monoisotopic (exact) mass is 438 g/mol. The molecule has 0 saturated heterocycles. The third-order valence-electron chi connectivity index (χ3n) is 6.00. The van der Waals surface area contributed by atoms with E-state index in [9.17, 15) is 14.7 Å².